The van der Waals surface area contributed by atoms with E-state index < -0.39 is 0 Å². The number of rotatable bonds is 3. The highest BCUT2D eigenvalue weighted by molar-refractivity contribution is 4.89. The number of methoxy groups -OCH3 is 1. The van der Waals surface area contributed by atoms with Gasteiger partial charge in [-0.15, -0.1) is 0 Å². The minimum absolute atomic E-state index is 0.143. The van der Waals surface area contributed by atoms with Gasteiger partial charge in [-0.3, -0.25) is 0 Å². The normalized spacial score (nSPS) is 40.9. The van der Waals surface area contributed by atoms with Gasteiger partial charge in [0.25, 0.3) is 0 Å². The van der Waals surface area contributed by atoms with Crippen molar-refractivity contribution in [1.82, 2.24) is 0 Å². The van der Waals surface area contributed by atoms with Crippen LogP contribution in [0.4, 0.5) is 0 Å². The molecule has 4 atom stereocenters. The first-order valence-corrected chi connectivity index (χ1v) is 6.08. The topological polar surface area (TPSA) is 9.23 Å². The highest BCUT2D eigenvalue weighted by Crippen LogP contribution is 2.42. The molecule has 1 aliphatic carbocycles. The van der Waals surface area contributed by atoms with Crippen LogP contribution in [0.25, 0.3) is 0 Å². The molecule has 1 saturated carbocycles. The van der Waals surface area contributed by atoms with E-state index in [9.17, 15) is 0 Å². The Labute approximate surface area is 89.2 Å². The van der Waals surface area contributed by atoms with Gasteiger partial charge in [-0.2, -0.15) is 0 Å². The number of hydrogen-bond donors (Lipinski definition) is 0. The van der Waals surface area contributed by atoms with Crippen LogP contribution in [0.2, 0.25) is 0 Å². The van der Waals surface area contributed by atoms with Crippen LogP contribution in [0.3, 0.4) is 0 Å². The highest BCUT2D eigenvalue weighted by Gasteiger charge is 2.38. The fraction of sp³-hybridized carbons (Fsp3) is 1.00. The maximum absolute atomic E-state index is 5.65. The fourth-order valence-corrected chi connectivity index (χ4v) is 2.69. The Morgan fingerprint density at radius 1 is 1.50 bits per heavy atom. The monoisotopic (exact) mass is 198 g/mol. The van der Waals surface area contributed by atoms with E-state index in [1.807, 2.05) is 7.11 Å². The van der Waals surface area contributed by atoms with Crippen LogP contribution >= 0.6 is 0 Å². The molecule has 0 amide bonds. The van der Waals surface area contributed by atoms with Gasteiger partial charge in [-0.1, -0.05) is 27.2 Å². The Bertz CT molecular complexity index is 178. The predicted molar refractivity (Wildman–Crippen MR) is 61.4 cm³/mol. The highest BCUT2D eigenvalue weighted by atomic mass is 16.5. The third kappa shape index (κ3) is 2.31. The van der Waals surface area contributed by atoms with Gasteiger partial charge < -0.3 is 4.74 Å². The molecule has 0 saturated heterocycles. The molecule has 0 spiro atoms. The summed E-state index contributed by atoms with van der Waals surface area (Å²) in [6.45, 7) is 9.31. The van der Waals surface area contributed by atoms with E-state index in [1.54, 1.807) is 0 Å². The summed E-state index contributed by atoms with van der Waals surface area (Å²) in [4.78, 5) is 0. The molecule has 1 nitrogen and oxygen atoms in total. The Balaban J connectivity index is 2.55. The summed E-state index contributed by atoms with van der Waals surface area (Å²) < 4.78 is 5.65. The van der Waals surface area contributed by atoms with Crippen molar-refractivity contribution in [1.29, 1.82) is 0 Å². The average Bonchev–Trinajstić information content (AvgIpc) is 2.21. The first kappa shape index (κ1) is 12.0. The Morgan fingerprint density at radius 3 is 2.57 bits per heavy atom. The minimum atomic E-state index is 0.143. The molecule has 0 heterocycles. The van der Waals surface area contributed by atoms with Crippen molar-refractivity contribution < 1.29 is 4.74 Å². The average molecular weight is 198 g/mol. The largest absolute Gasteiger partial charge is 0.378 e. The van der Waals surface area contributed by atoms with Crippen LogP contribution in [-0.2, 0) is 4.74 Å². The molecule has 0 aromatic heterocycles. The van der Waals surface area contributed by atoms with Crippen molar-refractivity contribution in [3.8, 4) is 0 Å². The molecule has 0 bridgehead atoms. The van der Waals surface area contributed by atoms with Gasteiger partial charge in [0.05, 0.1) is 5.60 Å². The summed E-state index contributed by atoms with van der Waals surface area (Å²) in [7, 11) is 1.86. The van der Waals surface area contributed by atoms with Gasteiger partial charge >= 0.3 is 0 Å². The van der Waals surface area contributed by atoms with Crippen LogP contribution in [0.5, 0.6) is 0 Å². The lowest BCUT2D eigenvalue weighted by molar-refractivity contribution is -0.0787. The molecule has 0 aromatic rings. The zero-order valence-corrected chi connectivity index (χ0v) is 10.5. The molecule has 1 heteroatoms. The summed E-state index contributed by atoms with van der Waals surface area (Å²) in [5, 5.41) is 0. The van der Waals surface area contributed by atoms with Crippen LogP contribution in [-0.4, -0.2) is 12.7 Å². The van der Waals surface area contributed by atoms with Crippen LogP contribution in [0.15, 0.2) is 0 Å². The summed E-state index contributed by atoms with van der Waals surface area (Å²) >= 11 is 0. The number of hydrogen-bond acceptors (Lipinski definition) is 1. The molecule has 1 fully saturated rings. The third-order valence-electron chi connectivity index (χ3n) is 4.63. The molecule has 84 valence electrons. The van der Waals surface area contributed by atoms with E-state index in [2.05, 4.69) is 27.7 Å². The van der Waals surface area contributed by atoms with Gasteiger partial charge in [0.1, 0.15) is 0 Å². The second-order valence-corrected chi connectivity index (χ2v) is 5.34. The molecule has 1 rings (SSSR count). The van der Waals surface area contributed by atoms with E-state index >= 15 is 0 Å². The lowest BCUT2D eigenvalue weighted by Crippen LogP contribution is -2.41. The van der Waals surface area contributed by atoms with Crippen LogP contribution in [0, 0.1) is 17.8 Å². The molecule has 0 aromatic carbocycles. The molecule has 4 unspecified atom stereocenters. The van der Waals surface area contributed by atoms with E-state index in [4.69, 9.17) is 4.74 Å². The van der Waals surface area contributed by atoms with E-state index in [0.717, 1.165) is 11.8 Å². The van der Waals surface area contributed by atoms with Gasteiger partial charge in [-0.05, 0) is 43.9 Å². The van der Waals surface area contributed by atoms with Crippen molar-refractivity contribution in [2.45, 2.75) is 59.0 Å². The zero-order chi connectivity index (χ0) is 10.8. The summed E-state index contributed by atoms with van der Waals surface area (Å²) in [6, 6.07) is 0. The van der Waals surface area contributed by atoms with Gasteiger partial charge in [-0.25, -0.2) is 0 Å². The Kier molecular flexibility index (Phi) is 4.00. The van der Waals surface area contributed by atoms with Crippen molar-refractivity contribution in [2.75, 3.05) is 7.11 Å². The van der Waals surface area contributed by atoms with Crippen molar-refractivity contribution >= 4 is 0 Å². The molecular formula is C13H26O. The first-order chi connectivity index (χ1) is 6.53. The molecule has 14 heavy (non-hydrogen) atoms. The molecule has 0 radical (unpaired) electrons. The number of ether oxygens (including phenoxy) is 1. The lowest BCUT2D eigenvalue weighted by Gasteiger charge is -2.43. The second-order valence-electron chi connectivity index (χ2n) is 5.34. The Hall–Kier alpha value is -0.0400. The fourth-order valence-electron chi connectivity index (χ4n) is 2.69. The molecular weight excluding hydrogens is 172 g/mol. The van der Waals surface area contributed by atoms with Crippen LogP contribution < -0.4 is 0 Å². The maximum Gasteiger partial charge on any atom is 0.0676 e. The van der Waals surface area contributed by atoms with Gasteiger partial charge in [0, 0.05) is 7.11 Å². The zero-order valence-electron chi connectivity index (χ0n) is 10.5. The Morgan fingerprint density at radius 2 is 2.14 bits per heavy atom. The van der Waals surface area contributed by atoms with E-state index in [1.165, 1.54) is 25.7 Å². The first-order valence-electron chi connectivity index (χ1n) is 6.08. The molecule has 1 aliphatic rings. The van der Waals surface area contributed by atoms with Gasteiger partial charge in [0.15, 0.2) is 0 Å². The minimum Gasteiger partial charge on any atom is -0.378 e. The predicted octanol–water partition coefficient (Wildman–Crippen LogP) is 3.87. The maximum atomic E-state index is 5.65. The van der Waals surface area contributed by atoms with E-state index in [0.29, 0.717) is 5.92 Å². The second kappa shape index (κ2) is 4.65. The summed E-state index contributed by atoms with van der Waals surface area (Å²) in [6.07, 6.45) is 5.25. The quantitative estimate of drug-likeness (QED) is 0.669. The lowest BCUT2D eigenvalue weighted by atomic mass is 9.68. The van der Waals surface area contributed by atoms with E-state index in [-0.39, 0.29) is 5.60 Å². The van der Waals surface area contributed by atoms with Crippen LogP contribution in [0.1, 0.15) is 53.4 Å². The SMILES string of the molecule is CCC(C)C1CCC(C)(OC)C(C)C1. The van der Waals surface area contributed by atoms with Gasteiger partial charge in [0.2, 0.25) is 0 Å². The third-order valence-corrected chi connectivity index (χ3v) is 4.63. The standard InChI is InChI=1S/C13H26O/c1-6-10(2)12-7-8-13(4,14-5)11(3)9-12/h10-12H,6-9H2,1-5H3. The van der Waals surface area contributed by atoms with Crippen molar-refractivity contribution in [3.63, 3.8) is 0 Å². The summed E-state index contributed by atoms with van der Waals surface area (Å²) in [5.41, 5.74) is 0.143. The summed E-state index contributed by atoms with van der Waals surface area (Å²) in [5.74, 6) is 2.53. The van der Waals surface area contributed by atoms with Crippen molar-refractivity contribution in [3.05, 3.63) is 0 Å². The smallest absolute Gasteiger partial charge is 0.0676 e. The molecule has 0 N–H and O–H groups in total. The van der Waals surface area contributed by atoms with Crippen molar-refractivity contribution in [2.24, 2.45) is 17.8 Å². The molecule has 0 aliphatic heterocycles.